The fourth-order valence-electron chi connectivity index (χ4n) is 2.81. The minimum atomic E-state index is -0.957. The van der Waals surface area contributed by atoms with Crippen LogP contribution in [0.5, 0.6) is 0 Å². The second kappa shape index (κ2) is 7.90. The molecule has 2 amide bonds. The molecule has 0 saturated carbocycles. The molecule has 2 N–H and O–H groups in total. The Labute approximate surface area is 137 Å². The lowest BCUT2D eigenvalue weighted by Crippen LogP contribution is -2.62. The van der Waals surface area contributed by atoms with E-state index in [1.807, 2.05) is 30.3 Å². The first kappa shape index (κ1) is 17.2. The number of rotatable bonds is 7. The first-order chi connectivity index (χ1) is 11.1. The van der Waals surface area contributed by atoms with Gasteiger partial charge in [-0.15, -0.1) is 0 Å². The Morgan fingerprint density at radius 3 is 1.91 bits per heavy atom. The molecule has 0 aromatic heterocycles. The van der Waals surface area contributed by atoms with E-state index in [2.05, 4.69) is 29.5 Å². The molecule has 0 radical (unpaired) electrons. The molecule has 5 heteroatoms. The van der Waals surface area contributed by atoms with Gasteiger partial charge in [0.1, 0.15) is 5.41 Å². The minimum absolute atomic E-state index is 0.217. The predicted molar refractivity (Wildman–Crippen MR) is 91.3 cm³/mol. The Morgan fingerprint density at radius 2 is 1.43 bits per heavy atom. The average molecular weight is 315 g/mol. The van der Waals surface area contributed by atoms with Crippen molar-refractivity contribution >= 4 is 23.5 Å². The van der Waals surface area contributed by atoms with E-state index < -0.39 is 5.41 Å². The van der Waals surface area contributed by atoms with Gasteiger partial charge in [-0.1, -0.05) is 57.7 Å². The third-order valence-electron chi connectivity index (χ3n) is 4.24. The van der Waals surface area contributed by atoms with E-state index in [1.54, 1.807) is 0 Å². The molecule has 1 aliphatic heterocycles. The summed E-state index contributed by atoms with van der Waals surface area (Å²) in [6.07, 6.45) is 4.80. The van der Waals surface area contributed by atoms with Gasteiger partial charge in [0, 0.05) is 0 Å². The van der Waals surface area contributed by atoms with Crippen LogP contribution in [-0.2, 0) is 9.59 Å². The zero-order valence-corrected chi connectivity index (χ0v) is 13.9. The molecule has 0 spiro atoms. The number of nitrogens with one attached hydrogen (secondary N) is 2. The van der Waals surface area contributed by atoms with Crippen molar-refractivity contribution < 1.29 is 9.59 Å². The highest BCUT2D eigenvalue weighted by Gasteiger charge is 2.48. The number of unbranched alkanes of at least 4 members (excludes halogenated alkanes) is 2. The SMILES string of the molecule is CCCCC1(CCCC)C(=O)NC(=Nc2ccccc2)NC1=O. The number of guanidine groups is 1. The molecule has 124 valence electrons. The third-order valence-corrected chi connectivity index (χ3v) is 4.24. The summed E-state index contributed by atoms with van der Waals surface area (Å²) in [6, 6.07) is 9.25. The Balaban J connectivity index is 2.21. The monoisotopic (exact) mass is 315 g/mol. The van der Waals surface area contributed by atoms with E-state index in [-0.39, 0.29) is 17.8 Å². The van der Waals surface area contributed by atoms with Gasteiger partial charge in [0.05, 0.1) is 5.69 Å². The number of para-hydroxylation sites is 1. The Hall–Kier alpha value is -2.17. The molecule has 1 aromatic carbocycles. The van der Waals surface area contributed by atoms with Crippen LogP contribution >= 0.6 is 0 Å². The van der Waals surface area contributed by atoms with Crippen LogP contribution in [0.4, 0.5) is 5.69 Å². The van der Waals surface area contributed by atoms with E-state index >= 15 is 0 Å². The summed E-state index contributed by atoms with van der Waals surface area (Å²) in [7, 11) is 0. The minimum Gasteiger partial charge on any atom is -0.295 e. The maximum atomic E-state index is 12.7. The Morgan fingerprint density at radius 1 is 0.913 bits per heavy atom. The first-order valence-electron chi connectivity index (χ1n) is 8.39. The zero-order valence-electron chi connectivity index (χ0n) is 13.9. The van der Waals surface area contributed by atoms with Gasteiger partial charge in [0.15, 0.2) is 0 Å². The predicted octanol–water partition coefficient (Wildman–Crippen LogP) is 3.29. The Kier molecular flexibility index (Phi) is 5.90. The van der Waals surface area contributed by atoms with E-state index in [4.69, 9.17) is 0 Å². The van der Waals surface area contributed by atoms with Gasteiger partial charge in [-0.25, -0.2) is 4.99 Å². The number of nitrogens with zero attached hydrogens (tertiary/aromatic N) is 1. The summed E-state index contributed by atoms with van der Waals surface area (Å²) < 4.78 is 0. The summed E-state index contributed by atoms with van der Waals surface area (Å²) in [6.45, 7) is 4.13. The second-order valence-corrected chi connectivity index (χ2v) is 5.99. The van der Waals surface area contributed by atoms with Gasteiger partial charge in [0.25, 0.3) is 0 Å². The van der Waals surface area contributed by atoms with Crippen LogP contribution in [0.3, 0.4) is 0 Å². The zero-order chi connectivity index (χ0) is 16.7. The number of aliphatic imine (C=N–C) groups is 1. The van der Waals surface area contributed by atoms with E-state index in [1.165, 1.54) is 0 Å². The molecule has 0 aliphatic carbocycles. The number of amides is 2. The van der Waals surface area contributed by atoms with Crippen LogP contribution in [0, 0.1) is 5.41 Å². The molecular weight excluding hydrogens is 290 g/mol. The van der Waals surface area contributed by atoms with Crippen molar-refractivity contribution in [1.82, 2.24) is 10.6 Å². The molecule has 1 aromatic rings. The number of benzene rings is 1. The molecule has 0 bridgehead atoms. The fourth-order valence-corrected chi connectivity index (χ4v) is 2.81. The van der Waals surface area contributed by atoms with Gasteiger partial charge < -0.3 is 0 Å². The lowest BCUT2D eigenvalue weighted by molar-refractivity contribution is -0.145. The molecule has 1 aliphatic rings. The number of hydrogen-bond acceptors (Lipinski definition) is 3. The lowest BCUT2D eigenvalue weighted by atomic mass is 9.75. The van der Waals surface area contributed by atoms with E-state index in [0.717, 1.165) is 25.7 Å². The highest BCUT2D eigenvalue weighted by atomic mass is 16.2. The van der Waals surface area contributed by atoms with Gasteiger partial charge in [-0.3, -0.25) is 20.2 Å². The summed E-state index contributed by atoms with van der Waals surface area (Å²) in [5, 5.41) is 5.57. The molecule has 23 heavy (non-hydrogen) atoms. The average Bonchev–Trinajstić information content (AvgIpc) is 2.55. The summed E-state index contributed by atoms with van der Waals surface area (Å²) in [5.41, 5.74) is -0.264. The van der Waals surface area contributed by atoms with Crippen LogP contribution in [0.2, 0.25) is 0 Å². The second-order valence-electron chi connectivity index (χ2n) is 5.99. The molecule has 5 nitrogen and oxygen atoms in total. The summed E-state index contributed by atoms with van der Waals surface area (Å²) >= 11 is 0. The smallest absolute Gasteiger partial charge is 0.242 e. The van der Waals surface area contributed by atoms with E-state index in [0.29, 0.717) is 18.5 Å². The lowest BCUT2D eigenvalue weighted by Gasteiger charge is -2.35. The van der Waals surface area contributed by atoms with Gasteiger partial charge >= 0.3 is 0 Å². The molecular formula is C18H25N3O2. The normalized spacial score (nSPS) is 16.7. The topological polar surface area (TPSA) is 70.6 Å². The molecule has 0 unspecified atom stereocenters. The fraction of sp³-hybridized carbons (Fsp3) is 0.500. The standard InChI is InChI=1S/C18H25N3O2/c1-3-5-12-18(13-6-4-2)15(22)20-17(21-16(18)23)19-14-10-8-7-9-11-14/h7-11H,3-6,12-13H2,1-2H3,(H2,19,20,21,22,23). The molecule has 1 saturated heterocycles. The maximum absolute atomic E-state index is 12.7. The van der Waals surface area contributed by atoms with Crippen molar-refractivity contribution in [2.24, 2.45) is 10.4 Å². The van der Waals surface area contributed by atoms with Crippen molar-refractivity contribution in [2.75, 3.05) is 0 Å². The quantitative estimate of drug-likeness (QED) is 0.758. The number of hydrogen-bond donors (Lipinski definition) is 2. The van der Waals surface area contributed by atoms with Gasteiger partial charge in [0.2, 0.25) is 17.8 Å². The maximum Gasteiger partial charge on any atom is 0.242 e. The van der Waals surface area contributed by atoms with Crippen molar-refractivity contribution in [3.05, 3.63) is 30.3 Å². The molecule has 1 fully saturated rings. The van der Waals surface area contributed by atoms with Crippen LogP contribution in [0.25, 0.3) is 0 Å². The largest absolute Gasteiger partial charge is 0.295 e. The molecule has 0 atom stereocenters. The summed E-state index contributed by atoms with van der Waals surface area (Å²) in [4.78, 5) is 29.7. The van der Waals surface area contributed by atoms with E-state index in [9.17, 15) is 9.59 Å². The van der Waals surface area contributed by atoms with Crippen molar-refractivity contribution in [3.8, 4) is 0 Å². The van der Waals surface area contributed by atoms with Gasteiger partial charge in [-0.2, -0.15) is 0 Å². The summed E-state index contributed by atoms with van der Waals surface area (Å²) in [5.74, 6) is -0.231. The van der Waals surface area contributed by atoms with Crippen LogP contribution in [0.1, 0.15) is 52.4 Å². The van der Waals surface area contributed by atoms with Crippen LogP contribution < -0.4 is 10.6 Å². The van der Waals surface area contributed by atoms with Crippen molar-refractivity contribution in [1.29, 1.82) is 0 Å². The van der Waals surface area contributed by atoms with Crippen LogP contribution in [0.15, 0.2) is 35.3 Å². The molecule has 1 heterocycles. The Bertz CT molecular complexity index is 551. The number of carbonyl (C=O) groups is 2. The first-order valence-corrected chi connectivity index (χ1v) is 8.39. The third kappa shape index (κ3) is 3.97. The van der Waals surface area contributed by atoms with Crippen molar-refractivity contribution in [2.45, 2.75) is 52.4 Å². The van der Waals surface area contributed by atoms with Crippen molar-refractivity contribution in [3.63, 3.8) is 0 Å². The van der Waals surface area contributed by atoms with Gasteiger partial charge in [-0.05, 0) is 25.0 Å². The number of carbonyl (C=O) groups excluding carboxylic acids is 2. The highest BCUT2D eigenvalue weighted by Crippen LogP contribution is 2.33. The van der Waals surface area contributed by atoms with Crippen LogP contribution in [-0.4, -0.2) is 17.8 Å². The molecule has 2 rings (SSSR count). The highest BCUT2D eigenvalue weighted by molar-refractivity contribution is 6.20.